The number of piperidine rings is 1. The summed E-state index contributed by atoms with van der Waals surface area (Å²) >= 11 is 0. The summed E-state index contributed by atoms with van der Waals surface area (Å²) in [5, 5.41) is 14.4. The van der Waals surface area contributed by atoms with Crippen LogP contribution in [0.5, 0.6) is 0 Å². The number of ether oxygens (including phenoxy) is 2. The SMILES string of the molecule is CCc1cccc(NC(=O)N2C[C@H]3COCC[C@@]3(O)[C@@H]3COCC[C@H]32)c1. The van der Waals surface area contributed by atoms with Crippen LogP contribution in [0.1, 0.15) is 25.3 Å². The van der Waals surface area contributed by atoms with E-state index in [4.69, 9.17) is 9.47 Å². The van der Waals surface area contributed by atoms with Gasteiger partial charge in [0.15, 0.2) is 0 Å². The second-order valence-electron chi connectivity index (χ2n) is 7.69. The monoisotopic (exact) mass is 360 g/mol. The maximum atomic E-state index is 13.1. The quantitative estimate of drug-likeness (QED) is 0.849. The van der Waals surface area contributed by atoms with Crippen molar-refractivity contribution in [1.82, 2.24) is 4.90 Å². The van der Waals surface area contributed by atoms with Gasteiger partial charge in [-0.15, -0.1) is 0 Å². The molecule has 0 saturated carbocycles. The Morgan fingerprint density at radius 2 is 2.19 bits per heavy atom. The van der Waals surface area contributed by atoms with Gasteiger partial charge in [-0.1, -0.05) is 19.1 Å². The van der Waals surface area contributed by atoms with Gasteiger partial charge in [-0.2, -0.15) is 0 Å². The van der Waals surface area contributed by atoms with E-state index in [9.17, 15) is 9.90 Å². The summed E-state index contributed by atoms with van der Waals surface area (Å²) in [5.41, 5.74) is 1.22. The first-order valence-electron chi connectivity index (χ1n) is 9.66. The van der Waals surface area contributed by atoms with Crippen molar-refractivity contribution in [2.75, 3.05) is 38.3 Å². The third-order valence-corrected chi connectivity index (χ3v) is 6.30. The Labute approximate surface area is 154 Å². The van der Waals surface area contributed by atoms with Crippen molar-refractivity contribution in [2.24, 2.45) is 11.8 Å². The average Bonchev–Trinajstić information content (AvgIpc) is 2.67. The smallest absolute Gasteiger partial charge is 0.322 e. The minimum absolute atomic E-state index is 0.0115. The summed E-state index contributed by atoms with van der Waals surface area (Å²) < 4.78 is 11.3. The summed E-state index contributed by atoms with van der Waals surface area (Å²) in [6, 6.07) is 7.88. The summed E-state index contributed by atoms with van der Waals surface area (Å²) in [6.45, 7) is 4.83. The summed E-state index contributed by atoms with van der Waals surface area (Å²) in [5.74, 6) is -0.112. The predicted octanol–water partition coefficient (Wildman–Crippen LogP) is 2.27. The number of rotatable bonds is 2. The van der Waals surface area contributed by atoms with Crippen LogP contribution in [0.25, 0.3) is 0 Å². The molecule has 6 heteroatoms. The van der Waals surface area contributed by atoms with E-state index in [1.807, 2.05) is 23.1 Å². The number of amides is 2. The molecule has 3 aliphatic heterocycles. The number of likely N-dealkylation sites (tertiary alicyclic amines) is 1. The van der Waals surface area contributed by atoms with Crippen molar-refractivity contribution >= 4 is 11.7 Å². The number of anilines is 1. The second kappa shape index (κ2) is 7.18. The lowest BCUT2D eigenvalue weighted by Crippen LogP contribution is -2.69. The highest BCUT2D eigenvalue weighted by atomic mass is 16.5. The molecule has 3 aliphatic rings. The van der Waals surface area contributed by atoms with Crippen molar-refractivity contribution in [2.45, 2.75) is 37.8 Å². The van der Waals surface area contributed by atoms with E-state index in [2.05, 4.69) is 18.3 Å². The number of hydrogen-bond acceptors (Lipinski definition) is 4. The Bertz CT molecular complexity index is 667. The van der Waals surface area contributed by atoms with E-state index in [0.29, 0.717) is 39.4 Å². The van der Waals surface area contributed by atoms with E-state index < -0.39 is 5.60 Å². The number of benzene rings is 1. The Balaban J connectivity index is 1.55. The number of aryl methyl sites for hydroxylation is 1. The van der Waals surface area contributed by atoms with E-state index in [0.717, 1.165) is 18.5 Å². The lowest BCUT2D eigenvalue weighted by molar-refractivity contribution is -0.211. The molecule has 2 N–H and O–H groups in total. The fraction of sp³-hybridized carbons (Fsp3) is 0.650. The second-order valence-corrected chi connectivity index (χ2v) is 7.69. The predicted molar refractivity (Wildman–Crippen MR) is 98.1 cm³/mol. The zero-order valence-electron chi connectivity index (χ0n) is 15.3. The number of nitrogens with one attached hydrogen (secondary N) is 1. The normalized spacial score (nSPS) is 33.9. The van der Waals surface area contributed by atoms with Crippen molar-refractivity contribution in [3.05, 3.63) is 29.8 Å². The zero-order chi connectivity index (χ0) is 18.1. The molecule has 26 heavy (non-hydrogen) atoms. The molecule has 2 amide bonds. The van der Waals surface area contributed by atoms with Gasteiger partial charge < -0.3 is 24.8 Å². The van der Waals surface area contributed by atoms with Crippen LogP contribution in [0, 0.1) is 11.8 Å². The number of carbonyl (C=O) groups excluding carboxylic acids is 1. The molecule has 4 rings (SSSR count). The van der Waals surface area contributed by atoms with Crippen molar-refractivity contribution in [3.63, 3.8) is 0 Å². The van der Waals surface area contributed by atoms with Gasteiger partial charge in [0.1, 0.15) is 0 Å². The van der Waals surface area contributed by atoms with Gasteiger partial charge in [0.2, 0.25) is 0 Å². The summed E-state index contributed by atoms with van der Waals surface area (Å²) in [6.07, 6.45) is 2.32. The first-order chi connectivity index (χ1) is 12.6. The largest absolute Gasteiger partial charge is 0.389 e. The number of hydrogen-bond donors (Lipinski definition) is 2. The topological polar surface area (TPSA) is 71.0 Å². The van der Waals surface area contributed by atoms with Crippen molar-refractivity contribution < 1.29 is 19.4 Å². The highest BCUT2D eigenvalue weighted by Gasteiger charge is 2.56. The Hall–Kier alpha value is -1.63. The molecule has 0 unspecified atom stereocenters. The summed E-state index contributed by atoms with van der Waals surface area (Å²) in [7, 11) is 0. The van der Waals surface area contributed by atoms with E-state index in [-0.39, 0.29) is 23.9 Å². The van der Waals surface area contributed by atoms with Gasteiger partial charge >= 0.3 is 6.03 Å². The minimum Gasteiger partial charge on any atom is -0.389 e. The van der Waals surface area contributed by atoms with Crippen LogP contribution >= 0.6 is 0 Å². The van der Waals surface area contributed by atoms with Crippen LogP contribution in [0.2, 0.25) is 0 Å². The molecule has 3 fully saturated rings. The van der Waals surface area contributed by atoms with Gasteiger partial charge in [0.25, 0.3) is 0 Å². The van der Waals surface area contributed by atoms with Crippen LogP contribution in [-0.4, -0.2) is 60.7 Å². The van der Waals surface area contributed by atoms with E-state index in [1.54, 1.807) is 0 Å². The third kappa shape index (κ3) is 3.10. The molecule has 0 aliphatic carbocycles. The molecular formula is C20H28N2O4. The molecule has 3 saturated heterocycles. The molecule has 142 valence electrons. The van der Waals surface area contributed by atoms with E-state index in [1.165, 1.54) is 5.56 Å². The lowest BCUT2D eigenvalue weighted by atomic mass is 9.66. The number of carbonyl (C=O) groups is 1. The van der Waals surface area contributed by atoms with E-state index >= 15 is 0 Å². The number of fused-ring (bicyclic) bond motifs is 3. The number of aliphatic hydroxyl groups is 1. The van der Waals surface area contributed by atoms with Gasteiger partial charge in [-0.3, -0.25) is 0 Å². The molecule has 0 radical (unpaired) electrons. The molecule has 1 aromatic carbocycles. The molecule has 6 nitrogen and oxygen atoms in total. The first-order valence-corrected chi connectivity index (χ1v) is 9.66. The first kappa shape index (κ1) is 17.8. The zero-order valence-corrected chi connectivity index (χ0v) is 15.3. The number of urea groups is 1. The Morgan fingerprint density at radius 3 is 3.04 bits per heavy atom. The highest BCUT2D eigenvalue weighted by molar-refractivity contribution is 5.89. The van der Waals surface area contributed by atoms with Gasteiger partial charge in [-0.05, 0) is 30.5 Å². The number of nitrogens with zero attached hydrogens (tertiary/aromatic N) is 1. The molecule has 0 aromatic heterocycles. The van der Waals surface area contributed by atoms with Crippen LogP contribution < -0.4 is 5.32 Å². The average molecular weight is 360 g/mol. The van der Waals surface area contributed by atoms with Crippen LogP contribution in [0.4, 0.5) is 10.5 Å². The molecule has 0 bridgehead atoms. The van der Waals surface area contributed by atoms with Gasteiger partial charge in [-0.25, -0.2) is 4.79 Å². The third-order valence-electron chi connectivity index (χ3n) is 6.30. The fourth-order valence-corrected chi connectivity index (χ4v) is 4.76. The van der Waals surface area contributed by atoms with Crippen LogP contribution in [0.3, 0.4) is 0 Å². The Morgan fingerprint density at radius 1 is 1.35 bits per heavy atom. The maximum Gasteiger partial charge on any atom is 0.322 e. The molecule has 1 aromatic rings. The Kier molecular flexibility index (Phi) is 4.90. The minimum atomic E-state index is -0.789. The van der Waals surface area contributed by atoms with Crippen molar-refractivity contribution in [3.8, 4) is 0 Å². The lowest BCUT2D eigenvalue weighted by Gasteiger charge is -2.56. The maximum absolute atomic E-state index is 13.1. The molecule has 0 spiro atoms. The summed E-state index contributed by atoms with van der Waals surface area (Å²) in [4.78, 5) is 15.0. The molecule has 3 heterocycles. The van der Waals surface area contributed by atoms with Crippen LogP contribution in [0.15, 0.2) is 24.3 Å². The van der Waals surface area contributed by atoms with Gasteiger partial charge in [0, 0.05) is 49.7 Å². The highest BCUT2D eigenvalue weighted by Crippen LogP contribution is 2.44. The fourth-order valence-electron chi connectivity index (χ4n) is 4.76. The van der Waals surface area contributed by atoms with Crippen molar-refractivity contribution in [1.29, 1.82) is 0 Å². The molecule has 4 atom stereocenters. The van der Waals surface area contributed by atoms with Gasteiger partial charge in [0.05, 0.1) is 18.8 Å². The standard InChI is InChI=1S/C20H28N2O4/c1-2-14-4-3-5-16(10-14)21-19(23)22-11-15-12-26-9-7-20(15,24)17-13-25-8-6-18(17)22/h3-5,10,15,17-18,24H,2,6-9,11-13H2,1H3,(H,21,23)/t15-,17+,18+,20-/m0/s1. The van der Waals surface area contributed by atoms with Crippen LogP contribution in [-0.2, 0) is 15.9 Å². The molecular weight excluding hydrogens is 332 g/mol.